The Morgan fingerprint density at radius 3 is 2.82 bits per heavy atom. The summed E-state index contributed by atoms with van der Waals surface area (Å²) in [5.74, 6) is 1.13. The number of aromatic amines is 1. The van der Waals surface area contributed by atoms with Crippen molar-refractivity contribution in [3.8, 4) is 22.9 Å². The smallest absolute Gasteiger partial charge is 0.260 e. The number of aromatic nitrogens is 2. The van der Waals surface area contributed by atoms with Gasteiger partial charge in [0.25, 0.3) is 5.56 Å². The van der Waals surface area contributed by atoms with E-state index in [1.165, 1.54) is 24.5 Å². The molecule has 0 aliphatic rings. The first-order chi connectivity index (χ1) is 10.5. The Hall–Kier alpha value is -2.34. The molecule has 0 spiro atoms. The molecule has 0 fully saturated rings. The number of H-pyrrole nitrogens is 1. The van der Waals surface area contributed by atoms with Crippen LogP contribution in [-0.2, 0) is 0 Å². The SMILES string of the molecule is COc1cc(-c2nc3scc(C(C)C)c3c(=O)[nH]2)ccc1O. The third-order valence-electron chi connectivity index (χ3n) is 3.55. The Kier molecular flexibility index (Phi) is 3.62. The number of rotatable bonds is 3. The summed E-state index contributed by atoms with van der Waals surface area (Å²) in [6, 6.07) is 4.86. The number of phenols is 1. The van der Waals surface area contributed by atoms with Gasteiger partial charge >= 0.3 is 0 Å². The Morgan fingerprint density at radius 2 is 2.14 bits per heavy atom. The van der Waals surface area contributed by atoms with Crippen molar-refractivity contribution < 1.29 is 9.84 Å². The van der Waals surface area contributed by atoms with Gasteiger partial charge in [-0.25, -0.2) is 4.98 Å². The van der Waals surface area contributed by atoms with Crippen LogP contribution in [0.3, 0.4) is 0 Å². The second-order valence-corrected chi connectivity index (χ2v) is 6.19. The van der Waals surface area contributed by atoms with Crippen molar-refractivity contribution in [1.29, 1.82) is 0 Å². The van der Waals surface area contributed by atoms with E-state index in [0.717, 1.165) is 10.4 Å². The lowest BCUT2D eigenvalue weighted by molar-refractivity contribution is 0.373. The molecule has 3 rings (SSSR count). The molecule has 0 unspecified atom stereocenters. The second-order valence-electron chi connectivity index (χ2n) is 5.33. The third-order valence-corrected chi connectivity index (χ3v) is 4.44. The maximum atomic E-state index is 12.4. The Labute approximate surface area is 131 Å². The van der Waals surface area contributed by atoms with Gasteiger partial charge in [0.15, 0.2) is 11.5 Å². The van der Waals surface area contributed by atoms with Crippen LogP contribution in [0, 0.1) is 0 Å². The van der Waals surface area contributed by atoms with Crippen molar-refractivity contribution in [3.63, 3.8) is 0 Å². The highest BCUT2D eigenvalue weighted by Gasteiger charge is 2.15. The van der Waals surface area contributed by atoms with Crippen molar-refractivity contribution >= 4 is 21.6 Å². The van der Waals surface area contributed by atoms with Crippen molar-refractivity contribution in [2.24, 2.45) is 0 Å². The molecule has 3 aromatic rings. The highest BCUT2D eigenvalue weighted by Crippen LogP contribution is 2.32. The minimum absolute atomic E-state index is 0.0490. The topological polar surface area (TPSA) is 75.2 Å². The lowest BCUT2D eigenvalue weighted by Gasteiger charge is -2.07. The summed E-state index contributed by atoms with van der Waals surface area (Å²) in [4.78, 5) is 20.5. The second kappa shape index (κ2) is 5.46. The molecule has 5 nitrogen and oxygen atoms in total. The van der Waals surface area contributed by atoms with Gasteiger partial charge in [0.1, 0.15) is 10.7 Å². The van der Waals surface area contributed by atoms with Gasteiger partial charge in [0.2, 0.25) is 0 Å². The zero-order chi connectivity index (χ0) is 15.9. The number of aromatic hydroxyl groups is 1. The van der Waals surface area contributed by atoms with E-state index in [-0.39, 0.29) is 17.2 Å². The molecule has 2 aromatic heterocycles. The van der Waals surface area contributed by atoms with Crippen molar-refractivity contribution in [2.75, 3.05) is 7.11 Å². The van der Waals surface area contributed by atoms with Gasteiger partial charge in [-0.3, -0.25) is 4.79 Å². The predicted molar refractivity (Wildman–Crippen MR) is 88.0 cm³/mol. The predicted octanol–water partition coefficient (Wildman–Crippen LogP) is 3.49. The zero-order valence-electron chi connectivity index (χ0n) is 12.5. The monoisotopic (exact) mass is 316 g/mol. The molecular formula is C16H16N2O3S. The first-order valence-corrected chi connectivity index (χ1v) is 7.78. The van der Waals surface area contributed by atoms with Crippen LogP contribution in [0.15, 0.2) is 28.4 Å². The summed E-state index contributed by atoms with van der Waals surface area (Å²) >= 11 is 1.47. The highest BCUT2D eigenvalue weighted by molar-refractivity contribution is 7.16. The number of phenolic OH excluding ortho intramolecular Hbond substituents is 1. The Morgan fingerprint density at radius 1 is 1.36 bits per heavy atom. The zero-order valence-corrected chi connectivity index (χ0v) is 13.3. The fraction of sp³-hybridized carbons (Fsp3) is 0.250. The number of ether oxygens (including phenoxy) is 1. The molecule has 0 atom stereocenters. The minimum atomic E-state index is -0.142. The number of nitrogens with one attached hydrogen (secondary N) is 1. The van der Waals surface area contributed by atoms with Crippen molar-refractivity contribution in [2.45, 2.75) is 19.8 Å². The summed E-state index contributed by atoms with van der Waals surface area (Å²) in [6.45, 7) is 4.11. The Bertz CT molecular complexity index is 896. The molecule has 0 bridgehead atoms. The lowest BCUT2D eigenvalue weighted by Crippen LogP contribution is -2.10. The average molecular weight is 316 g/mol. The van der Waals surface area contributed by atoms with Gasteiger partial charge in [0.05, 0.1) is 12.5 Å². The minimum Gasteiger partial charge on any atom is -0.504 e. The van der Waals surface area contributed by atoms with Crippen LogP contribution < -0.4 is 10.3 Å². The first kappa shape index (κ1) is 14.6. The lowest BCUT2D eigenvalue weighted by atomic mass is 10.0. The number of nitrogens with zero attached hydrogens (tertiary/aromatic N) is 1. The molecular weight excluding hydrogens is 300 g/mol. The molecule has 22 heavy (non-hydrogen) atoms. The molecule has 0 aliphatic heterocycles. The molecule has 0 saturated heterocycles. The van der Waals surface area contributed by atoms with Gasteiger partial charge in [-0.15, -0.1) is 11.3 Å². The van der Waals surface area contributed by atoms with E-state index in [1.54, 1.807) is 12.1 Å². The fourth-order valence-corrected chi connectivity index (χ4v) is 3.46. The van der Waals surface area contributed by atoms with Gasteiger partial charge in [-0.2, -0.15) is 0 Å². The standard InChI is InChI=1S/C16H16N2O3S/c1-8(2)10-7-22-16-13(10)15(20)17-14(18-16)9-4-5-11(19)12(6-9)21-3/h4-8,19H,1-3H3,(H,17,18,20). The van der Waals surface area contributed by atoms with Crippen LogP contribution in [0.1, 0.15) is 25.3 Å². The molecule has 1 aromatic carbocycles. The quantitative estimate of drug-likeness (QED) is 0.775. The van der Waals surface area contributed by atoms with E-state index in [4.69, 9.17) is 4.74 Å². The summed E-state index contributed by atoms with van der Waals surface area (Å²) in [5, 5.41) is 12.3. The van der Waals surface area contributed by atoms with Gasteiger partial charge < -0.3 is 14.8 Å². The van der Waals surface area contributed by atoms with Gasteiger partial charge in [-0.05, 0) is 35.1 Å². The summed E-state index contributed by atoms with van der Waals surface area (Å²) < 4.78 is 5.09. The highest BCUT2D eigenvalue weighted by atomic mass is 32.1. The number of benzene rings is 1. The van der Waals surface area contributed by atoms with Crippen molar-refractivity contribution in [3.05, 3.63) is 39.5 Å². The fourth-order valence-electron chi connectivity index (χ4n) is 2.36. The third kappa shape index (κ3) is 2.35. The summed E-state index contributed by atoms with van der Waals surface area (Å²) in [7, 11) is 1.48. The number of hydrogen-bond donors (Lipinski definition) is 2. The maximum absolute atomic E-state index is 12.4. The van der Waals surface area contributed by atoms with Crippen LogP contribution in [0.5, 0.6) is 11.5 Å². The van der Waals surface area contributed by atoms with Gasteiger partial charge in [-0.1, -0.05) is 13.8 Å². The largest absolute Gasteiger partial charge is 0.504 e. The molecule has 2 N–H and O–H groups in total. The summed E-state index contributed by atoms with van der Waals surface area (Å²) in [5.41, 5.74) is 1.56. The molecule has 0 radical (unpaired) electrons. The number of fused-ring (bicyclic) bond motifs is 1. The summed E-state index contributed by atoms with van der Waals surface area (Å²) in [6.07, 6.45) is 0. The van der Waals surface area contributed by atoms with Crippen LogP contribution in [0.4, 0.5) is 0 Å². The molecule has 0 amide bonds. The normalized spacial score (nSPS) is 11.3. The van der Waals surface area contributed by atoms with Crippen molar-refractivity contribution in [1.82, 2.24) is 9.97 Å². The van der Waals surface area contributed by atoms with E-state index >= 15 is 0 Å². The molecule has 0 aliphatic carbocycles. The molecule has 0 saturated carbocycles. The van der Waals surface area contributed by atoms with E-state index in [9.17, 15) is 9.90 Å². The molecule has 2 heterocycles. The van der Waals surface area contributed by atoms with Crippen LogP contribution in [-0.4, -0.2) is 22.2 Å². The number of methoxy groups -OCH3 is 1. The molecule has 6 heteroatoms. The van der Waals surface area contributed by atoms with E-state index in [0.29, 0.717) is 22.5 Å². The number of hydrogen-bond acceptors (Lipinski definition) is 5. The maximum Gasteiger partial charge on any atom is 0.260 e. The Balaban J connectivity index is 2.19. The van der Waals surface area contributed by atoms with E-state index < -0.39 is 0 Å². The average Bonchev–Trinajstić information content (AvgIpc) is 2.92. The van der Waals surface area contributed by atoms with Crippen LogP contribution in [0.25, 0.3) is 21.6 Å². The molecule has 114 valence electrons. The van der Waals surface area contributed by atoms with E-state index in [1.807, 2.05) is 5.38 Å². The van der Waals surface area contributed by atoms with Gasteiger partial charge in [0, 0.05) is 5.56 Å². The van der Waals surface area contributed by atoms with E-state index in [2.05, 4.69) is 23.8 Å². The first-order valence-electron chi connectivity index (χ1n) is 6.90. The number of thiophene rings is 1. The van der Waals surface area contributed by atoms with Crippen LogP contribution in [0.2, 0.25) is 0 Å². The van der Waals surface area contributed by atoms with Crippen LogP contribution >= 0.6 is 11.3 Å².